The van der Waals surface area contributed by atoms with Gasteiger partial charge in [0.2, 0.25) is 0 Å². The van der Waals surface area contributed by atoms with E-state index in [2.05, 4.69) is 5.32 Å². The van der Waals surface area contributed by atoms with Crippen LogP contribution in [0.1, 0.15) is 18.7 Å². The van der Waals surface area contributed by atoms with Gasteiger partial charge in [-0.3, -0.25) is 0 Å². The Morgan fingerprint density at radius 1 is 1.05 bits per heavy atom. The molecule has 0 unspecified atom stereocenters. The molecule has 1 nitrogen and oxygen atoms in total. The lowest BCUT2D eigenvalue weighted by Gasteiger charge is -2.06. The predicted octanol–water partition coefficient (Wildman–Crippen LogP) is 4.47. The molecule has 2 rings (SSSR count). The number of hydrogen-bond donors (Lipinski definition) is 1. The number of nitrogens with one attached hydrogen (secondary N) is 1. The van der Waals surface area contributed by atoms with E-state index in [1.165, 1.54) is 6.07 Å². The van der Waals surface area contributed by atoms with Crippen LogP contribution in [0, 0.1) is 23.3 Å². The zero-order valence-corrected chi connectivity index (χ0v) is 11.8. The van der Waals surface area contributed by atoms with Gasteiger partial charge in [-0.05, 0) is 12.1 Å². The summed E-state index contributed by atoms with van der Waals surface area (Å²) in [7, 11) is 0. The van der Waals surface area contributed by atoms with Crippen LogP contribution in [0.3, 0.4) is 0 Å². The van der Waals surface area contributed by atoms with Crippen LogP contribution in [0.25, 0.3) is 10.4 Å². The van der Waals surface area contributed by atoms with Crippen LogP contribution in [0.4, 0.5) is 17.6 Å². The zero-order valence-electron chi connectivity index (χ0n) is 10.9. The van der Waals surface area contributed by atoms with E-state index in [1.54, 1.807) is 6.07 Å². The lowest BCUT2D eigenvalue weighted by Crippen LogP contribution is -2.21. The van der Waals surface area contributed by atoms with Crippen molar-refractivity contribution in [2.75, 3.05) is 0 Å². The molecule has 6 heteroatoms. The second kappa shape index (κ2) is 5.93. The summed E-state index contributed by atoms with van der Waals surface area (Å²) in [6, 6.07) is 3.61. The summed E-state index contributed by atoms with van der Waals surface area (Å²) >= 11 is 1.10. The Morgan fingerprint density at radius 2 is 1.65 bits per heavy atom. The van der Waals surface area contributed by atoms with Gasteiger partial charge in [0.15, 0.2) is 23.3 Å². The van der Waals surface area contributed by atoms with Gasteiger partial charge in [0.1, 0.15) is 0 Å². The lowest BCUT2D eigenvalue weighted by molar-refractivity contribution is 0.458. The number of halogens is 4. The summed E-state index contributed by atoms with van der Waals surface area (Å²) in [6.45, 7) is 4.47. The van der Waals surface area contributed by atoms with Crippen LogP contribution >= 0.6 is 11.3 Å². The first-order valence-electron chi connectivity index (χ1n) is 6.05. The molecule has 0 spiro atoms. The highest BCUT2D eigenvalue weighted by Gasteiger charge is 2.21. The molecule has 0 saturated carbocycles. The second-order valence-electron chi connectivity index (χ2n) is 4.64. The third kappa shape index (κ3) is 3.02. The van der Waals surface area contributed by atoms with E-state index in [0.29, 0.717) is 6.54 Å². The van der Waals surface area contributed by atoms with Crippen molar-refractivity contribution in [2.24, 2.45) is 0 Å². The maximum absolute atomic E-state index is 13.7. The first-order chi connectivity index (χ1) is 9.40. The fraction of sp³-hybridized carbons (Fsp3) is 0.286. The van der Waals surface area contributed by atoms with Crippen LogP contribution < -0.4 is 5.32 Å². The molecular weight excluding hydrogens is 290 g/mol. The smallest absolute Gasteiger partial charge is 0.170 e. The summed E-state index contributed by atoms with van der Waals surface area (Å²) in [4.78, 5) is 0.996. The Bertz CT molecular complexity index is 596. The average Bonchev–Trinajstić information content (AvgIpc) is 2.83. The van der Waals surface area contributed by atoms with Crippen LogP contribution in [0.2, 0.25) is 0 Å². The molecule has 2 aromatic rings. The number of thiophene rings is 1. The second-order valence-corrected chi connectivity index (χ2v) is 5.81. The first-order valence-corrected chi connectivity index (χ1v) is 6.87. The molecule has 0 amide bonds. The topological polar surface area (TPSA) is 12.0 Å². The van der Waals surface area contributed by atoms with E-state index in [-0.39, 0.29) is 17.0 Å². The highest BCUT2D eigenvalue weighted by molar-refractivity contribution is 7.15. The zero-order chi connectivity index (χ0) is 14.9. The van der Waals surface area contributed by atoms with Crippen LogP contribution in [0.5, 0.6) is 0 Å². The average molecular weight is 303 g/mol. The quantitative estimate of drug-likeness (QED) is 0.649. The van der Waals surface area contributed by atoms with E-state index >= 15 is 0 Å². The minimum Gasteiger partial charge on any atom is -0.310 e. The molecule has 0 aliphatic heterocycles. The monoisotopic (exact) mass is 303 g/mol. The maximum atomic E-state index is 13.7. The van der Waals surface area contributed by atoms with E-state index < -0.39 is 28.8 Å². The van der Waals surface area contributed by atoms with E-state index in [4.69, 9.17) is 0 Å². The molecule has 20 heavy (non-hydrogen) atoms. The van der Waals surface area contributed by atoms with Crippen LogP contribution in [0.15, 0.2) is 18.2 Å². The molecule has 108 valence electrons. The van der Waals surface area contributed by atoms with Gasteiger partial charge in [-0.2, -0.15) is 0 Å². The van der Waals surface area contributed by atoms with Gasteiger partial charge in [-0.25, -0.2) is 17.6 Å². The van der Waals surface area contributed by atoms with Crippen molar-refractivity contribution in [1.29, 1.82) is 0 Å². The van der Waals surface area contributed by atoms with Crippen molar-refractivity contribution in [1.82, 2.24) is 5.32 Å². The summed E-state index contributed by atoms with van der Waals surface area (Å²) < 4.78 is 53.7. The predicted molar refractivity (Wildman–Crippen MR) is 71.6 cm³/mol. The fourth-order valence-corrected chi connectivity index (χ4v) is 2.69. The normalized spacial score (nSPS) is 11.3. The first kappa shape index (κ1) is 15.0. The van der Waals surface area contributed by atoms with Crippen LogP contribution in [-0.4, -0.2) is 6.04 Å². The van der Waals surface area contributed by atoms with Gasteiger partial charge in [-0.15, -0.1) is 11.3 Å². The standard InChI is InChI=1S/C14H13F4NS/c1-7(2)19-6-8-3-4-11(20-8)12-13(17)9(15)5-10(16)14(12)18/h3-5,7,19H,6H2,1-2H3. The molecule has 0 radical (unpaired) electrons. The van der Waals surface area contributed by atoms with Crippen LogP contribution in [-0.2, 0) is 6.54 Å². The Kier molecular flexibility index (Phi) is 4.45. The van der Waals surface area contributed by atoms with Gasteiger partial charge in [-0.1, -0.05) is 13.8 Å². The molecule has 0 saturated heterocycles. The highest BCUT2D eigenvalue weighted by Crippen LogP contribution is 2.34. The number of rotatable bonds is 4. The third-order valence-corrected chi connectivity index (χ3v) is 3.81. The van der Waals surface area contributed by atoms with Crippen molar-refractivity contribution in [3.8, 4) is 10.4 Å². The highest BCUT2D eigenvalue weighted by atomic mass is 32.1. The molecule has 0 bridgehead atoms. The van der Waals surface area contributed by atoms with Gasteiger partial charge in [0, 0.05) is 28.4 Å². The SMILES string of the molecule is CC(C)NCc1ccc(-c2c(F)c(F)cc(F)c2F)s1. The summed E-state index contributed by atoms with van der Waals surface area (Å²) in [5.41, 5.74) is -0.650. The molecule has 1 N–H and O–H groups in total. The molecule has 0 aliphatic carbocycles. The molecule has 1 aromatic carbocycles. The summed E-state index contributed by atoms with van der Waals surface area (Å²) in [5.74, 6) is -5.52. The van der Waals surface area contributed by atoms with Crippen molar-refractivity contribution in [2.45, 2.75) is 26.4 Å². The molecule has 1 heterocycles. The third-order valence-electron chi connectivity index (χ3n) is 2.70. The van der Waals surface area contributed by atoms with Gasteiger partial charge in [0.05, 0.1) is 5.56 Å². The molecule has 1 aromatic heterocycles. The minimum absolute atomic E-state index is 0.166. The van der Waals surface area contributed by atoms with Crippen molar-refractivity contribution < 1.29 is 17.6 Å². The van der Waals surface area contributed by atoms with E-state index in [9.17, 15) is 17.6 Å². The summed E-state index contributed by atoms with van der Waals surface area (Å²) in [5, 5.41) is 3.15. The molecule has 0 fully saturated rings. The van der Waals surface area contributed by atoms with Gasteiger partial charge >= 0.3 is 0 Å². The van der Waals surface area contributed by atoms with Crippen molar-refractivity contribution >= 4 is 11.3 Å². The Labute approximate surface area is 118 Å². The van der Waals surface area contributed by atoms with Gasteiger partial charge in [0.25, 0.3) is 0 Å². The largest absolute Gasteiger partial charge is 0.310 e. The fourth-order valence-electron chi connectivity index (χ4n) is 1.70. The minimum atomic E-state index is -1.39. The maximum Gasteiger partial charge on any atom is 0.170 e. The molecule has 0 aliphatic rings. The van der Waals surface area contributed by atoms with E-state index in [1.807, 2.05) is 13.8 Å². The van der Waals surface area contributed by atoms with Gasteiger partial charge < -0.3 is 5.32 Å². The lowest BCUT2D eigenvalue weighted by atomic mass is 10.1. The number of benzene rings is 1. The van der Waals surface area contributed by atoms with Crippen molar-refractivity contribution in [3.05, 3.63) is 46.3 Å². The molecule has 0 atom stereocenters. The summed E-state index contributed by atoms with van der Waals surface area (Å²) in [6.07, 6.45) is 0. The Hall–Kier alpha value is -1.40. The molecular formula is C14H13F4NS. The number of hydrogen-bond acceptors (Lipinski definition) is 2. The van der Waals surface area contributed by atoms with E-state index in [0.717, 1.165) is 16.2 Å². The Balaban J connectivity index is 2.37. The van der Waals surface area contributed by atoms with Crippen molar-refractivity contribution in [3.63, 3.8) is 0 Å². The Morgan fingerprint density at radius 3 is 2.20 bits per heavy atom.